The summed E-state index contributed by atoms with van der Waals surface area (Å²) in [6, 6.07) is 11.9. The average Bonchev–Trinajstić information content (AvgIpc) is 2.66. The Morgan fingerprint density at radius 2 is 1.57 bits per heavy atom. The summed E-state index contributed by atoms with van der Waals surface area (Å²) in [4.78, 5) is 23.6. The molecule has 0 unspecified atom stereocenters. The minimum atomic E-state index is -3.77. The van der Waals surface area contributed by atoms with Gasteiger partial charge in [0, 0.05) is 17.2 Å². The molecule has 28 heavy (non-hydrogen) atoms. The second-order valence-electron chi connectivity index (χ2n) is 6.19. The molecule has 3 N–H and O–H groups in total. The van der Waals surface area contributed by atoms with Crippen LogP contribution in [0.15, 0.2) is 53.4 Å². The van der Waals surface area contributed by atoms with Crippen LogP contribution in [-0.2, 0) is 14.8 Å². The minimum absolute atomic E-state index is 0.0918. The van der Waals surface area contributed by atoms with Crippen molar-refractivity contribution in [2.75, 3.05) is 11.3 Å². The first-order valence-electron chi connectivity index (χ1n) is 8.69. The molecule has 2 rings (SSSR count). The molecule has 150 valence electrons. The number of ether oxygens (including phenoxy) is 1. The van der Waals surface area contributed by atoms with Crippen LogP contribution in [0.2, 0.25) is 0 Å². The topological polar surface area (TPSA) is 114 Å². The van der Waals surface area contributed by atoms with Gasteiger partial charge in [-0.25, -0.2) is 8.42 Å². The van der Waals surface area contributed by atoms with E-state index in [0.717, 1.165) is 0 Å². The molecule has 0 aliphatic rings. The zero-order valence-electron chi connectivity index (χ0n) is 15.9. The number of anilines is 1. The van der Waals surface area contributed by atoms with Crippen molar-refractivity contribution in [1.29, 1.82) is 0 Å². The number of hydrogen-bond donors (Lipinski definition) is 3. The number of sulfonamides is 1. The van der Waals surface area contributed by atoms with E-state index in [1.165, 1.54) is 36.4 Å². The number of hydrazine groups is 1. The molecule has 0 heterocycles. The summed E-state index contributed by atoms with van der Waals surface area (Å²) in [5, 5.41) is 0. The van der Waals surface area contributed by atoms with Crippen molar-refractivity contribution in [3.8, 4) is 5.75 Å². The number of carbonyl (C=O) groups is 2. The summed E-state index contributed by atoms with van der Waals surface area (Å²) in [5.41, 5.74) is 5.18. The monoisotopic (exact) mass is 405 g/mol. The number of nitrogens with one attached hydrogen (secondary N) is 3. The first kappa shape index (κ1) is 21.2. The van der Waals surface area contributed by atoms with Gasteiger partial charge in [0.1, 0.15) is 5.75 Å². The predicted octanol–water partition coefficient (Wildman–Crippen LogP) is 2.30. The van der Waals surface area contributed by atoms with Crippen LogP contribution in [-0.4, -0.2) is 26.8 Å². The van der Waals surface area contributed by atoms with E-state index in [-0.39, 0.29) is 22.3 Å². The van der Waals surface area contributed by atoms with E-state index in [4.69, 9.17) is 4.74 Å². The van der Waals surface area contributed by atoms with Crippen LogP contribution in [0, 0.1) is 5.92 Å². The normalized spacial score (nSPS) is 11.0. The highest BCUT2D eigenvalue weighted by Crippen LogP contribution is 2.19. The van der Waals surface area contributed by atoms with Gasteiger partial charge in [-0.15, -0.1) is 0 Å². The van der Waals surface area contributed by atoms with Crippen LogP contribution in [0.1, 0.15) is 31.1 Å². The summed E-state index contributed by atoms with van der Waals surface area (Å²) >= 11 is 0. The third kappa shape index (κ3) is 5.71. The Hall–Kier alpha value is -3.07. The maximum absolute atomic E-state index is 12.5. The molecule has 0 radical (unpaired) electrons. The molecule has 2 amide bonds. The molecule has 0 aliphatic carbocycles. The molecular formula is C19H23N3O5S. The highest BCUT2D eigenvalue weighted by molar-refractivity contribution is 7.92. The Kier molecular flexibility index (Phi) is 7.00. The van der Waals surface area contributed by atoms with E-state index in [1.54, 1.807) is 26.0 Å². The SMILES string of the molecule is CCOc1ccc(S(=O)(=O)Nc2ccc(C(=O)NNC(=O)C(C)C)cc2)cc1. The zero-order chi connectivity index (χ0) is 20.7. The lowest BCUT2D eigenvalue weighted by Crippen LogP contribution is -2.43. The largest absolute Gasteiger partial charge is 0.494 e. The molecule has 9 heteroatoms. The van der Waals surface area contributed by atoms with Gasteiger partial charge < -0.3 is 4.74 Å². The maximum Gasteiger partial charge on any atom is 0.269 e. The predicted molar refractivity (Wildman–Crippen MR) is 105 cm³/mol. The van der Waals surface area contributed by atoms with E-state index < -0.39 is 15.9 Å². The Balaban J connectivity index is 2.02. The van der Waals surface area contributed by atoms with Crippen molar-refractivity contribution in [1.82, 2.24) is 10.9 Å². The van der Waals surface area contributed by atoms with Crippen LogP contribution < -0.4 is 20.3 Å². The van der Waals surface area contributed by atoms with Gasteiger partial charge in [0.15, 0.2) is 0 Å². The fourth-order valence-corrected chi connectivity index (χ4v) is 3.18. The Labute approximate surface area is 164 Å². The first-order valence-corrected chi connectivity index (χ1v) is 10.2. The number of rotatable bonds is 7. The van der Waals surface area contributed by atoms with Crippen LogP contribution >= 0.6 is 0 Å². The standard InChI is InChI=1S/C19H23N3O5S/c1-4-27-16-9-11-17(12-10-16)28(25,26)22-15-7-5-14(6-8-15)19(24)21-20-18(23)13(2)3/h5-13,22H,4H2,1-3H3,(H,20,23)(H,21,24). The number of hydrogen-bond acceptors (Lipinski definition) is 5. The lowest BCUT2D eigenvalue weighted by atomic mass is 10.2. The number of carbonyl (C=O) groups excluding carboxylic acids is 2. The summed E-state index contributed by atoms with van der Waals surface area (Å²) in [7, 11) is -3.77. The highest BCUT2D eigenvalue weighted by atomic mass is 32.2. The average molecular weight is 405 g/mol. The van der Waals surface area contributed by atoms with E-state index >= 15 is 0 Å². The second kappa shape index (κ2) is 9.23. The summed E-state index contributed by atoms with van der Waals surface area (Å²) in [6.07, 6.45) is 0. The molecular weight excluding hydrogens is 382 g/mol. The van der Waals surface area contributed by atoms with Gasteiger partial charge >= 0.3 is 0 Å². The summed E-state index contributed by atoms with van der Waals surface area (Å²) in [5.74, 6) is -0.496. The molecule has 0 atom stereocenters. The van der Waals surface area contributed by atoms with Crippen LogP contribution in [0.3, 0.4) is 0 Å². The molecule has 0 saturated heterocycles. The summed E-state index contributed by atoms with van der Waals surface area (Å²) in [6.45, 7) is 5.74. The molecule has 0 fully saturated rings. The van der Waals surface area contributed by atoms with Gasteiger partial charge in [0.2, 0.25) is 5.91 Å². The molecule has 0 aromatic heterocycles. The van der Waals surface area contributed by atoms with Gasteiger partial charge in [-0.1, -0.05) is 13.8 Å². The van der Waals surface area contributed by atoms with E-state index in [0.29, 0.717) is 18.0 Å². The second-order valence-corrected chi connectivity index (χ2v) is 7.87. The van der Waals surface area contributed by atoms with E-state index in [9.17, 15) is 18.0 Å². The molecule has 2 aromatic carbocycles. The fourth-order valence-electron chi connectivity index (χ4n) is 2.12. The summed E-state index contributed by atoms with van der Waals surface area (Å²) < 4.78 is 32.6. The Morgan fingerprint density at radius 1 is 0.964 bits per heavy atom. The van der Waals surface area contributed by atoms with Gasteiger partial charge in [0.25, 0.3) is 15.9 Å². The Morgan fingerprint density at radius 3 is 2.11 bits per heavy atom. The lowest BCUT2D eigenvalue weighted by Gasteiger charge is -2.11. The molecule has 0 spiro atoms. The number of amides is 2. The Bertz CT molecular complexity index is 923. The van der Waals surface area contributed by atoms with Crippen molar-refractivity contribution >= 4 is 27.5 Å². The maximum atomic E-state index is 12.5. The van der Waals surface area contributed by atoms with Gasteiger partial charge in [0.05, 0.1) is 11.5 Å². The van der Waals surface area contributed by atoms with Crippen molar-refractivity contribution in [2.24, 2.45) is 5.92 Å². The molecule has 0 aliphatic heterocycles. The van der Waals surface area contributed by atoms with Crippen molar-refractivity contribution in [2.45, 2.75) is 25.7 Å². The smallest absolute Gasteiger partial charge is 0.269 e. The van der Waals surface area contributed by atoms with Crippen molar-refractivity contribution < 1.29 is 22.7 Å². The van der Waals surface area contributed by atoms with Gasteiger partial charge in [-0.05, 0) is 55.5 Å². The number of benzene rings is 2. The van der Waals surface area contributed by atoms with E-state index in [2.05, 4.69) is 15.6 Å². The minimum Gasteiger partial charge on any atom is -0.494 e. The third-order valence-electron chi connectivity index (χ3n) is 3.67. The van der Waals surface area contributed by atoms with Crippen LogP contribution in [0.25, 0.3) is 0 Å². The lowest BCUT2D eigenvalue weighted by molar-refractivity contribution is -0.124. The third-order valence-corrected chi connectivity index (χ3v) is 5.07. The molecule has 2 aromatic rings. The zero-order valence-corrected chi connectivity index (χ0v) is 16.7. The van der Waals surface area contributed by atoms with Gasteiger partial charge in [-0.3, -0.25) is 25.2 Å². The first-order chi connectivity index (χ1) is 13.2. The fraction of sp³-hybridized carbons (Fsp3) is 0.263. The quantitative estimate of drug-likeness (QED) is 0.612. The molecule has 0 bridgehead atoms. The van der Waals surface area contributed by atoms with Crippen LogP contribution in [0.4, 0.5) is 5.69 Å². The van der Waals surface area contributed by atoms with E-state index in [1.807, 2.05) is 6.92 Å². The highest BCUT2D eigenvalue weighted by Gasteiger charge is 2.15. The van der Waals surface area contributed by atoms with Gasteiger partial charge in [-0.2, -0.15) is 0 Å². The molecule has 0 saturated carbocycles. The van der Waals surface area contributed by atoms with Crippen molar-refractivity contribution in [3.63, 3.8) is 0 Å². The van der Waals surface area contributed by atoms with Crippen molar-refractivity contribution in [3.05, 3.63) is 54.1 Å². The molecule has 8 nitrogen and oxygen atoms in total. The van der Waals surface area contributed by atoms with Crippen LogP contribution in [0.5, 0.6) is 5.75 Å².